The van der Waals surface area contributed by atoms with Gasteiger partial charge in [0.15, 0.2) is 23.0 Å². The van der Waals surface area contributed by atoms with Crippen LogP contribution in [0, 0.1) is 0 Å². The van der Waals surface area contributed by atoms with Crippen LogP contribution in [0.5, 0.6) is 28.7 Å². The van der Waals surface area contributed by atoms with Gasteiger partial charge in [-0.15, -0.1) is 0 Å². The molecule has 0 aliphatic heterocycles. The van der Waals surface area contributed by atoms with Gasteiger partial charge in [-0.05, 0) is 53.8 Å². The molecule has 4 rings (SSSR count). The van der Waals surface area contributed by atoms with Crippen LogP contribution in [-0.2, 0) is 17.8 Å². The van der Waals surface area contributed by atoms with Crippen molar-refractivity contribution < 1.29 is 28.5 Å². The third-order valence-electron chi connectivity index (χ3n) is 6.87. The summed E-state index contributed by atoms with van der Waals surface area (Å²) in [6.07, 6.45) is 1.22. The standard InChI is InChI=1S/C30H34N2O7/c1-17(33)32-22-12-10-18-14-26(36-3)29(38-5)30(39-6)27(18)20-11-13-23(24(34)15-21(20)22)31-16-19-8-7-9-25(35-2)28(19)37-4/h7-9,11,13-15,22H,10,12,16H2,1-6H3,(H,31,34)(H,32,33). The summed E-state index contributed by atoms with van der Waals surface area (Å²) in [4.78, 5) is 25.7. The number of amides is 1. The van der Waals surface area contributed by atoms with Gasteiger partial charge in [0.05, 0.1) is 47.3 Å². The van der Waals surface area contributed by atoms with Gasteiger partial charge in [-0.1, -0.05) is 18.2 Å². The van der Waals surface area contributed by atoms with Gasteiger partial charge < -0.3 is 34.3 Å². The van der Waals surface area contributed by atoms with E-state index in [1.165, 1.54) is 6.92 Å². The van der Waals surface area contributed by atoms with Gasteiger partial charge in [0.25, 0.3) is 0 Å². The first kappa shape index (κ1) is 27.6. The van der Waals surface area contributed by atoms with Gasteiger partial charge in [0.1, 0.15) is 0 Å². The normalized spacial score (nSPS) is 13.7. The van der Waals surface area contributed by atoms with Crippen LogP contribution < -0.4 is 39.7 Å². The van der Waals surface area contributed by atoms with Crippen LogP contribution in [0.1, 0.15) is 36.1 Å². The van der Waals surface area contributed by atoms with Crippen LogP contribution in [0.25, 0.3) is 11.1 Å². The summed E-state index contributed by atoms with van der Waals surface area (Å²) in [6.45, 7) is 1.81. The van der Waals surface area contributed by atoms with Gasteiger partial charge in [0.2, 0.25) is 17.1 Å². The fourth-order valence-corrected chi connectivity index (χ4v) is 5.14. The molecular weight excluding hydrogens is 500 g/mol. The number of rotatable bonds is 9. The molecule has 0 radical (unpaired) electrons. The average Bonchev–Trinajstić information content (AvgIpc) is 3.18. The molecular formula is C30H34N2O7. The summed E-state index contributed by atoms with van der Waals surface area (Å²) < 4.78 is 28.0. The quantitative estimate of drug-likeness (QED) is 0.414. The molecule has 1 unspecified atom stereocenters. The number of methoxy groups -OCH3 is 5. The average molecular weight is 535 g/mol. The molecule has 1 aliphatic rings. The van der Waals surface area contributed by atoms with E-state index in [9.17, 15) is 9.59 Å². The van der Waals surface area contributed by atoms with Crippen molar-refractivity contribution in [1.82, 2.24) is 5.32 Å². The number of hydrogen-bond donors (Lipinski definition) is 2. The highest BCUT2D eigenvalue weighted by molar-refractivity contribution is 5.83. The first-order chi connectivity index (χ1) is 18.9. The number of fused-ring (bicyclic) bond motifs is 3. The highest BCUT2D eigenvalue weighted by Gasteiger charge is 2.29. The fourth-order valence-electron chi connectivity index (χ4n) is 5.14. The van der Waals surface area contributed by atoms with E-state index in [2.05, 4.69) is 10.6 Å². The van der Waals surface area contributed by atoms with Crippen molar-refractivity contribution in [2.75, 3.05) is 40.9 Å². The molecule has 2 N–H and O–H groups in total. The number of carbonyl (C=O) groups is 1. The number of nitrogens with one attached hydrogen (secondary N) is 2. The fraction of sp³-hybridized carbons (Fsp3) is 0.333. The van der Waals surface area contributed by atoms with E-state index >= 15 is 0 Å². The summed E-state index contributed by atoms with van der Waals surface area (Å²) in [5.41, 5.74) is 4.26. The van der Waals surface area contributed by atoms with E-state index in [-0.39, 0.29) is 17.4 Å². The Balaban J connectivity index is 1.88. The number of para-hydroxylation sites is 1. The van der Waals surface area contributed by atoms with E-state index in [1.54, 1.807) is 47.7 Å². The van der Waals surface area contributed by atoms with Crippen molar-refractivity contribution in [2.45, 2.75) is 32.4 Å². The van der Waals surface area contributed by atoms with E-state index in [0.717, 1.165) is 22.3 Å². The summed E-state index contributed by atoms with van der Waals surface area (Å²) in [5, 5.41) is 6.27. The Labute approximate surface area is 228 Å². The van der Waals surface area contributed by atoms with Gasteiger partial charge in [-0.2, -0.15) is 0 Å². The molecule has 9 heteroatoms. The Morgan fingerprint density at radius 1 is 0.872 bits per heavy atom. The predicted molar refractivity (Wildman–Crippen MR) is 150 cm³/mol. The van der Waals surface area contributed by atoms with E-state index in [0.29, 0.717) is 59.4 Å². The number of anilines is 1. The molecule has 3 aromatic carbocycles. The summed E-state index contributed by atoms with van der Waals surface area (Å²) >= 11 is 0. The molecule has 0 heterocycles. The summed E-state index contributed by atoms with van der Waals surface area (Å²) in [7, 11) is 7.87. The third-order valence-corrected chi connectivity index (χ3v) is 6.87. The van der Waals surface area contributed by atoms with Crippen molar-refractivity contribution in [1.29, 1.82) is 0 Å². The molecule has 0 fully saturated rings. The van der Waals surface area contributed by atoms with Gasteiger partial charge in [-0.25, -0.2) is 0 Å². The molecule has 9 nitrogen and oxygen atoms in total. The highest BCUT2D eigenvalue weighted by Crippen LogP contribution is 2.50. The van der Waals surface area contributed by atoms with E-state index in [4.69, 9.17) is 23.7 Å². The lowest BCUT2D eigenvalue weighted by Gasteiger charge is -2.19. The maximum atomic E-state index is 13.5. The van der Waals surface area contributed by atoms with Gasteiger partial charge >= 0.3 is 0 Å². The van der Waals surface area contributed by atoms with Crippen molar-refractivity contribution in [2.24, 2.45) is 0 Å². The van der Waals surface area contributed by atoms with Crippen molar-refractivity contribution in [3.8, 4) is 39.9 Å². The monoisotopic (exact) mass is 534 g/mol. The molecule has 0 saturated heterocycles. The van der Waals surface area contributed by atoms with Crippen molar-refractivity contribution in [3.63, 3.8) is 0 Å². The molecule has 1 atom stereocenters. The number of aryl methyl sites for hydroxylation is 1. The molecule has 0 aromatic heterocycles. The number of hydrogen-bond acceptors (Lipinski definition) is 8. The van der Waals surface area contributed by atoms with Crippen LogP contribution in [-0.4, -0.2) is 41.5 Å². The lowest BCUT2D eigenvalue weighted by atomic mass is 9.95. The van der Waals surface area contributed by atoms with Crippen LogP contribution in [0.15, 0.2) is 47.3 Å². The highest BCUT2D eigenvalue weighted by atomic mass is 16.5. The maximum absolute atomic E-state index is 13.5. The van der Waals surface area contributed by atoms with Gasteiger partial charge in [-0.3, -0.25) is 9.59 Å². The second-order valence-electron chi connectivity index (χ2n) is 9.10. The molecule has 3 aromatic rings. The minimum Gasteiger partial charge on any atom is -0.493 e. The molecule has 1 amide bonds. The first-order valence-corrected chi connectivity index (χ1v) is 12.6. The summed E-state index contributed by atoms with van der Waals surface area (Å²) in [5.74, 6) is 2.54. The lowest BCUT2D eigenvalue weighted by Crippen LogP contribution is -2.26. The van der Waals surface area contributed by atoms with E-state index in [1.807, 2.05) is 30.3 Å². The maximum Gasteiger partial charge on any atom is 0.217 e. The summed E-state index contributed by atoms with van der Waals surface area (Å²) in [6, 6.07) is 12.4. The Morgan fingerprint density at radius 3 is 2.23 bits per heavy atom. The predicted octanol–water partition coefficient (Wildman–Crippen LogP) is 4.49. The minimum atomic E-state index is -0.377. The Morgan fingerprint density at radius 2 is 1.59 bits per heavy atom. The number of carbonyl (C=O) groups excluding carboxylic acids is 1. The zero-order chi connectivity index (χ0) is 28.1. The van der Waals surface area contributed by atoms with Crippen molar-refractivity contribution in [3.05, 3.63) is 69.4 Å². The molecule has 0 bridgehead atoms. The Bertz CT molecular complexity index is 1440. The zero-order valence-electron chi connectivity index (χ0n) is 23.1. The number of ether oxygens (including phenoxy) is 5. The van der Waals surface area contributed by atoms with E-state index < -0.39 is 0 Å². The second-order valence-corrected chi connectivity index (χ2v) is 9.10. The molecule has 0 saturated carbocycles. The molecule has 0 spiro atoms. The van der Waals surface area contributed by atoms with Crippen LogP contribution in [0.3, 0.4) is 0 Å². The smallest absolute Gasteiger partial charge is 0.217 e. The topological polar surface area (TPSA) is 104 Å². The Hall–Kier alpha value is -4.40. The largest absolute Gasteiger partial charge is 0.493 e. The van der Waals surface area contributed by atoms with Crippen LogP contribution in [0.2, 0.25) is 0 Å². The van der Waals surface area contributed by atoms with Crippen LogP contribution in [0.4, 0.5) is 5.69 Å². The van der Waals surface area contributed by atoms with Gasteiger partial charge in [0, 0.05) is 24.6 Å². The lowest BCUT2D eigenvalue weighted by molar-refractivity contribution is -0.119. The molecule has 206 valence electrons. The van der Waals surface area contributed by atoms with Crippen molar-refractivity contribution >= 4 is 11.6 Å². The zero-order valence-corrected chi connectivity index (χ0v) is 23.1. The number of benzene rings is 2. The third kappa shape index (κ3) is 5.43. The second kappa shape index (κ2) is 12.0. The Kier molecular flexibility index (Phi) is 8.49. The van der Waals surface area contributed by atoms with Crippen LogP contribution >= 0.6 is 0 Å². The SMILES string of the molecule is COc1cccc(CNc2ccc3c(cc2=O)C(NC(C)=O)CCc2cc(OC)c(OC)c(OC)c2-3)c1OC. The minimum absolute atomic E-state index is 0.179. The first-order valence-electron chi connectivity index (χ1n) is 12.6. The molecule has 1 aliphatic carbocycles. The molecule has 39 heavy (non-hydrogen) atoms.